The summed E-state index contributed by atoms with van der Waals surface area (Å²) < 4.78 is 0. The van der Waals surface area contributed by atoms with Gasteiger partial charge in [-0.15, -0.1) is 11.3 Å². The van der Waals surface area contributed by atoms with E-state index in [0.29, 0.717) is 0 Å². The van der Waals surface area contributed by atoms with Crippen molar-refractivity contribution in [3.05, 3.63) is 40.5 Å². The molecule has 0 amide bonds. The van der Waals surface area contributed by atoms with E-state index in [1.54, 1.807) is 11.3 Å². The first-order chi connectivity index (χ1) is 8.72. The van der Waals surface area contributed by atoms with Gasteiger partial charge in [-0.1, -0.05) is 0 Å². The summed E-state index contributed by atoms with van der Waals surface area (Å²) in [4.78, 5) is 12.1. The molecule has 0 aromatic carbocycles. The molecule has 0 bridgehead atoms. The molecule has 0 radical (unpaired) electrons. The zero-order valence-electron chi connectivity index (χ0n) is 10.3. The van der Waals surface area contributed by atoms with E-state index >= 15 is 0 Å². The summed E-state index contributed by atoms with van der Waals surface area (Å²) in [5.74, 6) is 0.864. The van der Waals surface area contributed by atoms with Crippen molar-refractivity contribution in [1.82, 2.24) is 15.0 Å². The molecule has 0 saturated carbocycles. The van der Waals surface area contributed by atoms with E-state index in [9.17, 15) is 0 Å². The quantitative estimate of drug-likeness (QED) is 0.756. The Morgan fingerprint density at radius 3 is 2.94 bits per heavy atom. The summed E-state index contributed by atoms with van der Waals surface area (Å²) in [5, 5.41) is 7.66. The van der Waals surface area contributed by atoms with Gasteiger partial charge in [0.1, 0.15) is 11.5 Å². The zero-order valence-corrected chi connectivity index (χ0v) is 11.1. The molecular weight excluding hydrogens is 244 g/mol. The second kappa shape index (κ2) is 4.42. The molecule has 2 N–H and O–H groups in total. The predicted octanol–water partition coefficient (Wildman–Crippen LogP) is 3.50. The van der Waals surface area contributed by atoms with Crippen LogP contribution in [0.4, 0.5) is 5.82 Å². The minimum Gasteiger partial charge on any atom is -0.362 e. The lowest BCUT2D eigenvalue weighted by atomic mass is 10.2. The first-order valence-electron chi connectivity index (χ1n) is 5.85. The van der Waals surface area contributed by atoms with Gasteiger partial charge in [-0.05, 0) is 32.0 Å². The number of H-pyrrole nitrogens is 1. The molecule has 3 aromatic rings. The number of aryl methyl sites for hydroxylation is 1. The second-order valence-electron chi connectivity index (χ2n) is 4.27. The Morgan fingerprint density at radius 1 is 1.28 bits per heavy atom. The summed E-state index contributed by atoms with van der Waals surface area (Å²) >= 11 is 1.67. The van der Waals surface area contributed by atoms with Crippen LogP contribution < -0.4 is 5.32 Å². The van der Waals surface area contributed by atoms with Gasteiger partial charge in [0.15, 0.2) is 0 Å². The molecule has 0 spiro atoms. The van der Waals surface area contributed by atoms with Crippen LogP contribution in [0.2, 0.25) is 0 Å². The van der Waals surface area contributed by atoms with Gasteiger partial charge < -0.3 is 10.3 Å². The Hall–Kier alpha value is -1.88. The molecular formula is C13H14N4S. The average molecular weight is 258 g/mol. The number of thiazole rings is 1. The Morgan fingerprint density at radius 2 is 2.17 bits per heavy atom. The van der Waals surface area contributed by atoms with E-state index in [4.69, 9.17) is 0 Å². The lowest BCUT2D eigenvalue weighted by molar-refractivity contribution is 0.839. The van der Waals surface area contributed by atoms with Crippen LogP contribution in [0.25, 0.3) is 11.0 Å². The number of hydrogen-bond acceptors (Lipinski definition) is 4. The predicted molar refractivity (Wildman–Crippen MR) is 75.0 cm³/mol. The van der Waals surface area contributed by atoms with Crippen molar-refractivity contribution in [3.8, 4) is 0 Å². The highest BCUT2D eigenvalue weighted by atomic mass is 32.1. The smallest absolute Gasteiger partial charge is 0.139 e. The summed E-state index contributed by atoms with van der Waals surface area (Å²) in [5.41, 5.74) is 1.97. The summed E-state index contributed by atoms with van der Waals surface area (Å²) in [6, 6.07) is 6.22. The molecule has 0 saturated heterocycles. The Balaban J connectivity index is 1.83. The van der Waals surface area contributed by atoms with Gasteiger partial charge in [0.25, 0.3) is 0 Å². The number of nitrogens with one attached hydrogen (secondary N) is 2. The van der Waals surface area contributed by atoms with Crippen molar-refractivity contribution in [2.45, 2.75) is 19.9 Å². The van der Waals surface area contributed by atoms with Crippen LogP contribution in [-0.2, 0) is 0 Å². The fraction of sp³-hybridized carbons (Fsp3) is 0.231. The van der Waals surface area contributed by atoms with Crippen molar-refractivity contribution in [2.75, 3.05) is 5.32 Å². The van der Waals surface area contributed by atoms with Gasteiger partial charge in [-0.25, -0.2) is 9.97 Å². The fourth-order valence-corrected chi connectivity index (χ4v) is 2.59. The van der Waals surface area contributed by atoms with Gasteiger partial charge >= 0.3 is 0 Å². The minimum absolute atomic E-state index is 0.162. The number of pyridine rings is 1. The Labute approximate surface area is 109 Å². The van der Waals surface area contributed by atoms with Gasteiger partial charge in [0.05, 0.1) is 16.7 Å². The molecule has 0 aliphatic heterocycles. The number of hydrogen-bond donors (Lipinski definition) is 2. The second-order valence-corrected chi connectivity index (χ2v) is 5.33. The number of anilines is 1. The van der Waals surface area contributed by atoms with Crippen molar-refractivity contribution < 1.29 is 0 Å². The summed E-state index contributed by atoms with van der Waals surface area (Å²) in [7, 11) is 0. The molecule has 4 nitrogen and oxygen atoms in total. The lowest BCUT2D eigenvalue weighted by Crippen LogP contribution is -2.08. The number of aromatic amines is 1. The summed E-state index contributed by atoms with van der Waals surface area (Å²) in [6.45, 7) is 4.11. The molecule has 3 rings (SSSR count). The van der Waals surface area contributed by atoms with Crippen LogP contribution in [0.1, 0.15) is 23.7 Å². The van der Waals surface area contributed by atoms with E-state index in [1.807, 2.05) is 25.3 Å². The van der Waals surface area contributed by atoms with Gasteiger partial charge in [-0.3, -0.25) is 0 Å². The minimum atomic E-state index is 0.162. The molecule has 3 aromatic heterocycles. The standard InChI is InChI=1S/C13H14N4S/c1-8(11-7-18-9(2)16-11)15-12-4-3-10-5-6-14-13(10)17-12/h3-8H,1-2H3,(H2,14,15,17)/t8-/m0/s1. The van der Waals surface area contributed by atoms with Crippen molar-refractivity contribution in [1.29, 1.82) is 0 Å². The largest absolute Gasteiger partial charge is 0.362 e. The molecule has 0 unspecified atom stereocenters. The third kappa shape index (κ3) is 2.09. The molecule has 0 fully saturated rings. The lowest BCUT2D eigenvalue weighted by Gasteiger charge is -2.12. The molecule has 3 heterocycles. The van der Waals surface area contributed by atoms with E-state index in [2.05, 4.69) is 38.6 Å². The monoisotopic (exact) mass is 258 g/mol. The maximum absolute atomic E-state index is 4.52. The number of aromatic nitrogens is 3. The van der Waals surface area contributed by atoms with Crippen molar-refractivity contribution >= 4 is 28.2 Å². The van der Waals surface area contributed by atoms with Crippen LogP contribution in [0.3, 0.4) is 0 Å². The maximum Gasteiger partial charge on any atom is 0.139 e. The zero-order chi connectivity index (χ0) is 12.5. The van der Waals surface area contributed by atoms with E-state index in [0.717, 1.165) is 27.6 Å². The van der Waals surface area contributed by atoms with Gasteiger partial charge in [0, 0.05) is 17.0 Å². The Kier molecular flexibility index (Phi) is 2.76. The molecule has 92 valence electrons. The highest BCUT2D eigenvalue weighted by Gasteiger charge is 2.09. The first kappa shape index (κ1) is 11.2. The third-order valence-corrected chi connectivity index (χ3v) is 3.65. The molecule has 18 heavy (non-hydrogen) atoms. The van der Waals surface area contributed by atoms with Crippen LogP contribution in [-0.4, -0.2) is 15.0 Å². The van der Waals surface area contributed by atoms with E-state index < -0.39 is 0 Å². The molecule has 0 aliphatic carbocycles. The summed E-state index contributed by atoms with van der Waals surface area (Å²) in [6.07, 6.45) is 1.90. The normalized spacial score (nSPS) is 12.8. The Bertz CT molecular complexity index is 670. The average Bonchev–Trinajstić information content (AvgIpc) is 2.96. The van der Waals surface area contributed by atoms with Crippen LogP contribution in [0.15, 0.2) is 29.8 Å². The first-order valence-corrected chi connectivity index (χ1v) is 6.73. The number of nitrogens with zero attached hydrogens (tertiary/aromatic N) is 2. The topological polar surface area (TPSA) is 53.6 Å². The van der Waals surface area contributed by atoms with E-state index in [1.165, 1.54) is 0 Å². The highest BCUT2D eigenvalue weighted by Crippen LogP contribution is 2.21. The van der Waals surface area contributed by atoms with Gasteiger partial charge in [-0.2, -0.15) is 0 Å². The van der Waals surface area contributed by atoms with Crippen LogP contribution >= 0.6 is 11.3 Å². The number of fused-ring (bicyclic) bond motifs is 1. The van der Waals surface area contributed by atoms with Crippen LogP contribution in [0, 0.1) is 6.92 Å². The SMILES string of the molecule is Cc1nc([C@H](C)Nc2ccc3cc[nH]c3n2)cs1. The van der Waals surface area contributed by atoms with Crippen molar-refractivity contribution in [3.63, 3.8) is 0 Å². The third-order valence-electron chi connectivity index (χ3n) is 2.85. The van der Waals surface area contributed by atoms with Crippen LogP contribution in [0.5, 0.6) is 0 Å². The molecule has 5 heteroatoms. The fourth-order valence-electron chi connectivity index (χ4n) is 1.89. The van der Waals surface area contributed by atoms with E-state index in [-0.39, 0.29) is 6.04 Å². The molecule has 1 atom stereocenters. The maximum atomic E-state index is 4.52. The molecule has 0 aliphatic rings. The van der Waals surface area contributed by atoms with Crippen molar-refractivity contribution in [2.24, 2.45) is 0 Å². The number of rotatable bonds is 3. The highest BCUT2D eigenvalue weighted by molar-refractivity contribution is 7.09. The van der Waals surface area contributed by atoms with Gasteiger partial charge in [0.2, 0.25) is 0 Å².